The third kappa shape index (κ3) is 4.63. The van der Waals surface area contributed by atoms with E-state index in [1.807, 2.05) is 36.5 Å². The molecule has 28 heavy (non-hydrogen) atoms. The molecule has 146 valence electrons. The topological polar surface area (TPSA) is 60.7 Å². The Balaban J connectivity index is 1.45. The molecule has 5 nitrogen and oxygen atoms in total. The number of allylic oxidation sites excluding steroid dienone is 3. The van der Waals surface area contributed by atoms with Gasteiger partial charge in [0.1, 0.15) is 5.75 Å². The second-order valence-corrected chi connectivity index (χ2v) is 7.86. The number of hydrogen-bond donors (Lipinski definition) is 1. The third-order valence-electron chi connectivity index (χ3n) is 6.09. The van der Waals surface area contributed by atoms with Gasteiger partial charge in [-0.1, -0.05) is 29.8 Å². The van der Waals surface area contributed by atoms with Gasteiger partial charge >= 0.3 is 6.02 Å². The minimum Gasteiger partial charge on any atom is -0.425 e. The van der Waals surface area contributed by atoms with Crippen molar-refractivity contribution in [3.63, 3.8) is 0 Å². The van der Waals surface area contributed by atoms with E-state index in [4.69, 9.17) is 10.00 Å². The molecule has 0 spiro atoms. The molecule has 0 bridgehead atoms. The predicted molar refractivity (Wildman–Crippen MR) is 111 cm³/mol. The van der Waals surface area contributed by atoms with Gasteiger partial charge < -0.3 is 9.64 Å². The number of nitriles is 1. The molecule has 0 amide bonds. The fraction of sp³-hybridized carbons (Fsp3) is 0.478. The monoisotopic (exact) mass is 376 g/mol. The van der Waals surface area contributed by atoms with E-state index in [9.17, 15) is 0 Å². The number of aliphatic imine (C=N–C) groups is 1. The Hall–Kier alpha value is -2.58. The smallest absolute Gasteiger partial charge is 0.309 e. The summed E-state index contributed by atoms with van der Waals surface area (Å²) in [6.07, 6.45) is 15.1. The van der Waals surface area contributed by atoms with Crippen molar-refractivity contribution in [1.29, 1.82) is 5.26 Å². The molecule has 2 atom stereocenters. The number of nitrogens with one attached hydrogen (secondary N) is 1. The molecule has 1 aliphatic heterocycles. The Morgan fingerprint density at radius 2 is 1.96 bits per heavy atom. The van der Waals surface area contributed by atoms with Crippen LogP contribution < -0.4 is 10.1 Å². The molecule has 1 heterocycles. The Morgan fingerprint density at radius 3 is 2.75 bits per heavy atom. The summed E-state index contributed by atoms with van der Waals surface area (Å²) in [5.41, 5.74) is 2.40. The van der Waals surface area contributed by atoms with Gasteiger partial charge in [-0.2, -0.15) is 10.3 Å². The third-order valence-corrected chi connectivity index (χ3v) is 6.09. The summed E-state index contributed by atoms with van der Waals surface area (Å²) in [4.78, 5) is 7.28. The molecule has 0 aromatic heterocycles. The number of benzene rings is 1. The quantitative estimate of drug-likeness (QED) is 0.368. The van der Waals surface area contributed by atoms with Crippen molar-refractivity contribution in [2.75, 3.05) is 13.1 Å². The molecule has 1 saturated carbocycles. The highest BCUT2D eigenvalue weighted by molar-refractivity contribution is 5.79. The number of hydrogen-bond acceptors (Lipinski definition) is 4. The molecular weight excluding hydrogens is 348 g/mol. The molecule has 5 heteroatoms. The number of amidine groups is 1. The molecule has 1 N–H and O–H groups in total. The van der Waals surface area contributed by atoms with Crippen LogP contribution in [-0.2, 0) is 0 Å². The summed E-state index contributed by atoms with van der Waals surface area (Å²) in [6, 6.07) is 10.4. The lowest BCUT2D eigenvalue weighted by molar-refractivity contribution is 0.219. The maximum Gasteiger partial charge on any atom is 0.309 e. The van der Waals surface area contributed by atoms with Gasteiger partial charge in [-0.15, -0.1) is 0 Å². The number of nitrogens with zero attached hydrogens (tertiary/aromatic N) is 3. The maximum atomic E-state index is 9.04. The fourth-order valence-corrected chi connectivity index (χ4v) is 4.62. The summed E-state index contributed by atoms with van der Waals surface area (Å²) < 4.78 is 5.74. The molecular formula is C23H28N4O. The van der Waals surface area contributed by atoms with Gasteiger partial charge in [-0.05, 0) is 82.2 Å². The first-order chi connectivity index (χ1) is 13.8. The van der Waals surface area contributed by atoms with Crippen LogP contribution in [0, 0.1) is 17.4 Å². The van der Waals surface area contributed by atoms with E-state index in [0.717, 1.165) is 24.6 Å². The Bertz CT molecular complexity index is 800. The average Bonchev–Trinajstić information content (AvgIpc) is 3.17. The first-order valence-electron chi connectivity index (χ1n) is 10.4. The number of para-hydroxylation sites is 1. The Morgan fingerprint density at radius 1 is 1.14 bits per heavy atom. The van der Waals surface area contributed by atoms with Gasteiger partial charge in [0.25, 0.3) is 0 Å². The molecule has 1 saturated heterocycles. The van der Waals surface area contributed by atoms with Gasteiger partial charge in [0, 0.05) is 6.04 Å². The van der Waals surface area contributed by atoms with Crippen molar-refractivity contribution >= 4 is 6.02 Å². The maximum absolute atomic E-state index is 9.04. The zero-order chi connectivity index (χ0) is 19.2. The molecule has 3 aliphatic rings. The summed E-state index contributed by atoms with van der Waals surface area (Å²) >= 11 is 0. The molecule has 1 aromatic rings. The van der Waals surface area contributed by atoms with Gasteiger partial charge in [0.05, 0.1) is 5.70 Å². The summed E-state index contributed by atoms with van der Waals surface area (Å²) in [5, 5.41) is 11.6. The van der Waals surface area contributed by atoms with E-state index in [2.05, 4.69) is 27.4 Å². The van der Waals surface area contributed by atoms with Crippen LogP contribution in [0.1, 0.15) is 44.9 Å². The van der Waals surface area contributed by atoms with Gasteiger partial charge in [0.15, 0.2) is 6.19 Å². The summed E-state index contributed by atoms with van der Waals surface area (Å²) in [5.74, 6) is 1.31. The lowest BCUT2D eigenvalue weighted by atomic mass is 9.87. The number of likely N-dealkylation sites (tertiary alicyclic amines) is 1. The second-order valence-electron chi connectivity index (χ2n) is 7.86. The van der Waals surface area contributed by atoms with Crippen molar-refractivity contribution in [3.05, 3.63) is 53.8 Å². The van der Waals surface area contributed by atoms with Gasteiger partial charge in [-0.3, -0.25) is 0 Å². The van der Waals surface area contributed by atoms with Crippen molar-refractivity contribution in [2.45, 2.75) is 51.0 Å². The van der Waals surface area contributed by atoms with Crippen LogP contribution in [0.25, 0.3) is 0 Å². The fourth-order valence-electron chi connectivity index (χ4n) is 4.62. The van der Waals surface area contributed by atoms with Crippen LogP contribution in [0.5, 0.6) is 5.75 Å². The van der Waals surface area contributed by atoms with Crippen LogP contribution in [0.15, 0.2) is 58.7 Å². The molecule has 0 radical (unpaired) electrons. The van der Waals surface area contributed by atoms with Crippen LogP contribution in [0.4, 0.5) is 0 Å². The van der Waals surface area contributed by atoms with Crippen LogP contribution in [-0.4, -0.2) is 30.1 Å². The highest BCUT2D eigenvalue weighted by atomic mass is 16.5. The standard InChI is InChI=1S/C23H28N4O/c24-17-25-23(28-22-6-2-1-3-7-22)26-20-11-8-18-9-12-21(13-10-19(18)16-20)27-14-4-5-15-27/h1-3,6-7,11,16,18,21H,4-5,8-10,12-15H2,(H,25,26). The molecule has 2 fully saturated rings. The lowest BCUT2D eigenvalue weighted by Crippen LogP contribution is -2.32. The average molecular weight is 377 g/mol. The number of fused-ring (bicyclic) bond motifs is 1. The SMILES string of the molecule is N#CNC(=NC1=CCC2CCC(N3CCCC3)CCC2=C1)Oc1ccccc1. The molecule has 2 aliphatic carbocycles. The van der Waals surface area contributed by atoms with Crippen molar-refractivity contribution < 1.29 is 4.74 Å². The Labute approximate surface area is 167 Å². The van der Waals surface area contributed by atoms with Crippen LogP contribution >= 0.6 is 0 Å². The molecule has 4 rings (SSSR count). The van der Waals surface area contributed by atoms with E-state index in [-0.39, 0.29) is 6.02 Å². The largest absolute Gasteiger partial charge is 0.425 e. The van der Waals surface area contributed by atoms with E-state index < -0.39 is 0 Å². The van der Waals surface area contributed by atoms with Gasteiger partial charge in [0.2, 0.25) is 0 Å². The summed E-state index contributed by atoms with van der Waals surface area (Å²) in [6.45, 7) is 2.56. The lowest BCUT2D eigenvalue weighted by Gasteiger charge is -2.26. The van der Waals surface area contributed by atoms with E-state index in [1.54, 1.807) is 0 Å². The number of rotatable bonds is 3. The summed E-state index contributed by atoms with van der Waals surface area (Å²) in [7, 11) is 0. The zero-order valence-corrected chi connectivity index (χ0v) is 16.3. The Kier molecular flexibility index (Phi) is 6.08. The first-order valence-corrected chi connectivity index (χ1v) is 10.4. The number of ether oxygens (including phenoxy) is 1. The van der Waals surface area contributed by atoms with Crippen LogP contribution in [0.3, 0.4) is 0 Å². The van der Waals surface area contributed by atoms with Crippen molar-refractivity contribution in [1.82, 2.24) is 10.2 Å². The molecule has 1 aromatic carbocycles. The van der Waals surface area contributed by atoms with Gasteiger partial charge in [-0.25, -0.2) is 5.32 Å². The minimum absolute atomic E-state index is 0.221. The molecule has 2 unspecified atom stereocenters. The minimum atomic E-state index is 0.221. The van der Waals surface area contributed by atoms with Crippen LogP contribution in [0.2, 0.25) is 0 Å². The normalized spacial score (nSPS) is 25.8. The van der Waals surface area contributed by atoms with E-state index in [1.165, 1.54) is 50.8 Å². The highest BCUT2D eigenvalue weighted by Gasteiger charge is 2.28. The highest BCUT2D eigenvalue weighted by Crippen LogP contribution is 2.37. The van der Waals surface area contributed by atoms with Crippen molar-refractivity contribution in [2.24, 2.45) is 10.9 Å². The zero-order valence-electron chi connectivity index (χ0n) is 16.3. The predicted octanol–water partition coefficient (Wildman–Crippen LogP) is 4.36. The second kappa shape index (κ2) is 9.07. The van der Waals surface area contributed by atoms with Crippen molar-refractivity contribution in [3.8, 4) is 11.9 Å². The van der Waals surface area contributed by atoms with E-state index >= 15 is 0 Å². The van der Waals surface area contributed by atoms with E-state index in [0.29, 0.717) is 11.7 Å². The first kappa shape index (κ1) is 18.8.